The first-order valence-corrected chi connectivity index (χ1v) is 7.14. The molecule has 0 saturated carbocycles. The second-order valence-corrected chi connectivity index (χ2v) is 5.22. The van der Waals surface area contributed by atoms with Gasteiger partial charge in [0, 0.05) is 17.5 Å². The zero-order valence-electron chi connectivity index (χ0n) is 11.2. The van der Waals surface area contributed by atoms with E-state index in [0.717, 1.165) is 31.0 Å². The van der Waals surface area contributed by atoms with Crippen molar-refractivity contribution in [2.45, 2.75) is 25.7 Å². The molecule has 2 aromatic rings. The van der Waals surface area contributed by atoms with Gasteiger partial charge in [-0.15, -0.1) is 0 Å². The molecule has 3 heteroatoms. The predicted molar refractivity (Wildman–Crippen MR) is 79.8 cm³/mol. The van der Waals surface area contributed by atoms with Gasteiger partial charge in [0.15, 0.2) is 0 Å². The van der Waals surface area contributed by atoms with Gasteiger partial charge in [-0.3, -0.25) is 0 Å². The fourth-order valence-electron chi connectivity index (χ4n) is 2.19. The highest BCUT2D eigenvalue weighted by molar-refractivity contribution is 6.30. The minimum Gasteiger partial charge on any atom is -0.472 e. The molecule has 0 aliphatic rings. The Labute approximate surface area is 119 Å². The van der Waals surface area contributed by atoms with E-state index in [2.05, 4.69) is 24.4 Å². The van der Waals surface area contributed by atoms with Gasteiger partial charge in [-0.1, -0.05) is 30.7 Å². The molecule has 0 bridgehead atoms. The van der Waals surface area contributed by atoms with Crippen LogP contribution in [0.2, 0.25) is 5.02 Å². The Hall–Kier alpha value is -1.25. The fraction of sp³-hybridized carbons (Fsp3) is 0.375. The Morgan fingerprint density at radius 2 is 2.00 bits per heavy atom. The van der Waals surface area contributed by atoms with Gasteiger partial charge in [-0.25, -0.2) is 0 Å². The predicted octanol–water partition coefficient (Wildman–Crippen LogP) is 4.26. The third kappa shape index (κ3) is 4.41. The molecule has 0 aliphatic heterocycles. The molecule has 19 heavy (non-hydrogen) atoms. The number of halogens is 1. The molecule has 0 saturated heterocycles. The van der Waals surface area contributed by atoms with Crippen LogP contribution in [0.3, 0.4) is 0 Å². The van der Waals surface area contributed by atoms with Crippen LogP contribution in [-0.2, 0) is 6.42 Å². The fourth-order valence-corrected chi connectivity index (χ4v) is 2.32. The number of nitrogens with one attached hydrogen (secondary N) is 1. The lowest BCUT2D eigenvalue weighted by Gasteiger charge is -2.17. The SMILES string of the molecule is CCCNCC(Cc1ccoc1)c1ccc(Cl)cc1. The van der Waals surface area contributed by atoms with Crippen molar-refractivity contribution in [1.29, 1.82) is 0 Å². The highest BCUT2D eigenvalue weighted by Gasteiger charge is 2.12. The Bertz CT molecular complexity index is 464. The molecule has 1 aromatic heterocycles. The van der Waals surface area contributed by atoms with Crippen molar-refractivity contribution in [3.63, 3.8) is 0 Å². The van der Waals surface area contributed by atoms with E-state index in [0.29, 0.717) is 5.92 Å². The van der Waals surface area contributed by atoms with Gasteiger partial charge in [0.1, 0.15) is 0 Å². The molecule has 2 nitrogen and oxygen atoms in total. The van der Waals surface area contributed by atoms with E-state index in [1.807, 2.05) is 24.5 Å². The average Bonchev–Trinajstić information content (AvgIpc) is 2.92. The number of benzene rings is 1. The van der Waals surface area contributed by atoms with Gasteiger partial charge < -0.3 is 9.73 Å². The first-order valence-electron chi connectivity index (χ1n) is 6.77. The summed E-state index contributed by atoms with van der Waals surface area (Å²) in [6.07, 6.45) is 5.68. The van der Waals surface area contributed by atoms with Crippen LogP contribution in [0.1, 0.15) is 30.4 Å². The Morgan fingerprint density at radius 3 is 2.63 bits per heavy atom. The van der Waals surface area contributed by atoms with E-state index in [9.17, 15) is 0 Å². The van der Waals surface area contributed by atoms with Crippen molar-refractivity contribution in [2.24, 2.45) is 0 Å². The van der Waals surface area contributed by atoms with Crippen LogP contribution in [0.4, 0.5) is 0 Å². The van der Waals surface area contributed by atoms with Crippen LogP contribution >= 0.6 is 11.6 Å². The van der Waals surface area contributed by atoms with Crippen molar-refractivity contribution in [3.8, 4) is 0 Å². The number of furan rings is 1. The number of hydrogen-bond acceptors (Lipinski definition) is 2. The molecule has 0 fully saturated rings. The molecule has 102 valence electrons. The van der Waals surface area contributed by atoms with Crippen molar-refractivity contribution < 1.29 is 4.42 Å². The highest BCUT2D eigenvalue weighted by Crippen LogP contribution is 2.22. The molecule has 0 spiro atoms. The summed E-state index contributed by atoms with van der Waals surface area (Å²) in [4.78, 5) is 0. The van der Waals surface area contributed by atoms with E-state index in [1.54, 1.807) is 6.26 Å². The van der Waals surface area contributed by atoms with Gasteiger partial charge in [-0.2, -0.15) is 0 Å². The summed E-state index contributed by atoms with van der Waals surface area (Å²) in [6.45, 7) is 4.20. The van der Waals surface area contributed by atoms with Crippen molar-refractivity contribution in [3.05, 3.63) is 59.0 Å². The van der Waals surface area contributed by atoms with Crippen LogP contribution in [0, 0.1) is 0 Å². The van der Waals surface area contributed by atoms with Crippen LogP contribution in [0.15, 0.2) is 47.3 Å². The maximum absolute atomic E-state index is 5.96. The normalized spacial score (nSPS) is 12.5. The molecule has 0 radical (unpaired) electrons. The number of rotatable bonds is 7. The van der Waals surface area contributed by atoms with Crippen molar-refractivity contribution in [1.82, 2.24) is 5.32 Å². The highest BCUT2D eigenvalue weighted by atomic mass is 35.5. The Balaban J connectivity index is 2.06. The van der Waals surface area contributed by atoms with Crippen LogP contribution in [0.5, 0.6) is 0 Å². The Morgan fingerprint density at radius 1 is 1.21 bits per heavy atom. The molecule has 2 rings (SSSR count). The van der Waals surface area contributed by atoms with Crippen molar-refractivity contribution >= 4 is 11.6 Å². The summed E-state index contributed by atoms with van der Waals surface area (Å²) in [7, 11) is 0. The standard InChI is InChI=1S/C16H20ClNO/c1-2-8-18-11-15(10-13-7-9-19-12-13)14-3-5-16(17)6-4-14/h3-7,9,12,15,18H,2,8,10-11H2,1H3. The maximum Gasteiger partial charge on any atom is 0.0934 e. The van der Waals surface area contributed by atoms with E-state index < -0.39 is 0 Å². The lowest BCUT2D eigenvalue weighted by atomic mass is 9.93. The van der Waals surface area contributed by atoms with Crippen LogP contribution in [-0.4, -0.2) is 13.1 Å². The first-order chi connectivity index (χ1) is 9.29. The third-order valence-electron chi connectivity index (χ3n) is 3.22. The van der Waals surface area contributed by atoms with Gasteiger partial charge in [0.25, 0.3) is 0 Å². The van der Waals surface area contributed by atoms with E-state index in [1.165, 1.54) is 11.1 Å². The van der Waals surface area contributed by atoms with E-state index >= 15 is 0 Å². The molecule has 0 amide bonds. The topological polar surface area (TPSA) is 25.2 Å². The molecule has 1 heterocycles. The van der Waals surface area contributed by atoms with Crippen LogP contribution in [0.25, 0.3) is 0 Å². The smallest absolute Gasteiger partial charge is 0.0934 e. The first kappa shape index (κ1) is 14.2. The summed E-state index contributed by atoms with van der Waals surface area (Å²) in [5.74, 6) is 0.446. The maximum atomic E-state index is 5.96. The monoisotopic (exact) mass is 277 g/mol. The lowest BCUT2D eigenvalue weighted by molar-refractivity contribution is 0.551. The minimum absolute atomic E-state index is 0.446. The quantitative estimate of drug-likeness (QED) is 0.765. The third-order valence-corrected chi connectivity index (χ3v) is 3.47. The van der Waals surface area contributed by atoms with Gasteiger partial charge in [0.2, 0.25) is 0 Å². The Kier molecular flexibility index (Phi) is 5.49. The number of hydrogen-bond donors (Lipinski definition) is 1. The van der Waals surface area contributed by atoms with Gasteiger partial charge in [0.05, 0.1) is 12.5 Å². The molecule has 1 unspecified atom stereocenters. The van der Waals surface area contributed by atoms with E-state index in [4.69, 9.17) is 16.0 Å². The summed E-state index contributed by atoms with van der Waals surface area (Å²) in [6, 6.07) is 10.2. The van der Waals surface area contributed by atoms with E-state index in [-0.39, 0.29) is 0 Å². The summed E-state index contributed by atoms with van der Waals surface area (Å²) >= 11 is 5.96. The van der Waals surface area contributed by atoms with Crippen molar-refractivity contribution in [2.75, 3.05) is 13.1 Å². The molecule has 1 aromatic carbocycles. The molecule has 0 aliphatic carbocycles. The summed E-state index contributed by atoms with van der Waals surface area (Å²) in [5.41, 5.74) is 2.55. The van der Waals surface area contributed by atoms with Gasteiger partial charge >= 0.3 is 0 Å². The molecule has 1 atom stereocenters. The van der Waals surface area contributed by atoms with Gasteiger partial charge in [-0.05, 0) is 48.7 Å². The minimum atomic E-state index is 0.446. The zero-order chi connectivity index (χ0) is 13.5. The summed E-state index contributed by atoms with van der Waals surface area (Å²) < 4.78 is 5.15. The molecular formula is C16H20ClNO. The second-order valence-electron chi connectivity index (χ2n) is 4.79. The molecular weight excluding hydrogens is 258 g/mol. The van der Waals surface area contributed by atoms with Crippen LogP contribution < -0.4 is 5.32 Å². The molecule has 1 N–H and O–H groups in total. The zero-order valence-corrected chi connectivity index (χ0v) is 12.0. The lowest BCUT2D eigenvalue weighted by Crippen LogP contribution is -2.23. The second kappa shape index (κ2) is 7.37. The summed E-state index contributed by atoms with van der Waals surface area (Å²) in [5, 5.41) is 4.28. The largest absolute Gasteiger partial charge is 0.472 e. The average molecular weight is 278 g/mol.